The second-order valence-corrected chi connectivity index (χ2v) is 5.14. The summed E-state index contributed by atoms with van der Waals surface area (Å²) in [4.78, 5) is 2.49. The van der Waals surface area contributed by atoms with Crippen molar-refractivity contribution < 1.29 is 0 Å². The Hall–Kier alpha value is 0.270. The van der Waals surface area contributed by atoms with Crippen LogP contribution >= 0.6 is 11.8 Å². The van der Waals surface area contributed by atoms with Crippen molar-refractivity contribution in [2.24, 2.45) is 0 Å². The van der Waals surface area contributed by atoms with Gasteiger partial charge in [0.05, 0.1) is 0 Å². The Morgan fingerprint density at radius 3 is 2.71 bits per heavy atom. The lowest BCUT2D eigenvalue weighted by atomic mass is 10.2. The van der Waals surface area contributed by atoms with Gasteiger partial charge in [-0.2, -0.15) is 11.8 Å². The van der Waals surface area contributed by atoms with Crippen LogP contribution < -0.4 is 5.32 Å². The van der Waals surface area contributed by atoms with Gasteiger partial charge in [-0.25, -0.2) is 0 Å². The van der Waals surface area contributed by atoms with Crippen LogP contribution in [-0.4, -0.2) is 49.1 Å². The summed E-state index contributed by atoms with van der Waals surface area (Å²) in [6.07, 6.45) is 6.25. The molecule has 1 aliphatic carbocycles. The number of hydrogen-bond acceptors (Lipinski definition) is 3. The lowest BCUT2D eigenvalue weighted by Gasteiger charge is -2.26. The quantitative estimate of drug-likeness (QED) is 0.666. The molecule has 1 rings (SSSR count). The predicted octanol–water partition coefficient (Wildman–Crippen LogP) is 1.81. The Bertz CT molecular complexity index is 148. The Morgan fingerprint density at radius 2 is 2.21 bits per heavy atom. The monoisotopic (exact) mass is 216 g/mol. The van der Waals surface area contributed by atoms with Crippen molar-refractivity contribution >= 4 is 11.8 Å². The minimum atomic E-state index is 0.756. The first-order valence-corrected chi connectivity index (χ1v) is 7.09. The number of thioether (sulfide) groups is 1. The molecule has 1 fully saturated rings. The molecule has 0 aromatic rings. The summed E-state index contributed by atoms with van der Waals surface area (Å²) in [5.74, 6) is 1.26. The van der Waals surface area contributed by atoms with Crippen LogP contribution in [0.1, 0.15) is 26.2 Å². The van der Waals surface area contributed by atoms with Crippen molar-refractivity contribution in [2.75, 3.05) is 32.1 Å². The van der Waals surface area contributed by atoms with Crippen LogP contribution in [0.4, 0.5) is 0 Å². The lowest BCUT2D eigenvalue weighted by Crippen LogP contribution is -2.38. The highest BCUT2D eigenvalue weighted by Crippen LogP contribution is 2.18. The summed E-state index contributed by atoms with van der Waals surface area (Å²) in [5, 5.41) is 3.56. The van der Waals surface area contributed by atoms with Crippen molar-refractivity contribution in [1.82, 2.24) is 10.2 Å². The first kappa shape index (κ1) is 12.3. The summed E-state index contributed by atoms with van der Waals surface area (Å²) in [7, 11) is 2.25. The number of nitrogens with one attached hydrogen (secondary N) is 1. The van der Waals surface area contributed by atoms with E-state index in [0.717, 1.165) is 18.6 Å². The lowest BCUT2D eigenvalue weighted by molar-refractivity contribution is 0.255. The van der Waals surface area contributed by atoms with E-state index in [1.165, 1.54) is 31.6 Å². The van der Waals surface area contributed by atoms with Crippen LogP contribution in [0.2, 0.25) is 0 Å². The standard InChI is InChI=1S/C11H24N2S/c1-4-11(9-14-3)13(2)8-7-12-10-5-6-10/h10-12H,4-9H2,1-3H3. The minimum absolute atomic E-state index is 0.756. The molecule has 0 radical (unpaired) electrons. The molecule has 0 bridgehead atoms. The van der Waals surface area contributed by atoms with Gasteiger partial charge in [0.15, 0.2) is 0 Å². The zero-order chi connectivity index (χ0) is 10.4. The second kappa shape index (κ2) is 6.70. The van der Waals surface area contributed by atoms with Crippen LogP contribution in [0.25, 0.3) is 0 Å². The molecule has 84 valence electrons. The van der Waals surface area contributed by atoms with Crippen LogP contribution in [-0.2, 0) is 0 Å². The number of likely N-dealkylation sites (N-methyl/N-ethyl adjacent to an activating group) is 1. The minimum Gasteiger partial charge on any atom is -0.313 e. The summed E-state index contributed by atoms with van der Waals surface area (Å²) in [6, 6.07) is 1.61. The molecule has 0 aromatic carbocycles. The highest BCUT2D eigenvalue weighted by molar-refractivity contribution is 7.98. The molecule has 2 nitrogen and oxygen atoms in total. The molecule has 1 saturated carbocycles. The average Bonchev–Trinajstić information content (AvgIpc) is 2.97. The Kier molecular flexibility index (Phi) is 5.90. The molecule has 0 aromatic heterocycles. The number of hydrogen-bond donors (Lipinski definition) is 1. The molecule has 1 N–H and O–H groups in total. The first-order valence-electron chi connectivity index (χ1n) is 5.70. The van der Waals surface area contributed by atoms with Gasteiger partial charge in [0.1, 0.15) is 0 Å². The maximum atomic E-state index is 3.56. The fourth-order valence-electron chi connectivity index (χ4n) is 1.66. The third-order valence-electron chi connectivity index (χ3n) is 2.93. The van der Waals surface area contributed by atoms with E-state index < -0.39 is 0 Å². The topological polar surface area (TPSA) is 15.3 Å². The summed E-state index contributed by atoms with van der Waals surface area (Å²) < 4.78 is 0. The number of nitrogens with zero attached hydrogens (tertiary/aromatic N) is 1. The van der Waals surface area contributed by atoms with Gasteiger partial charge in [-0.3, -0.25) is 0 Å². The highest BCUT2D eigenvalue weighted by atomic mass is 32.2. The highest BCUT2D eigenvalue weighted by Gasteiger charge is 2.20. The maximum Gasteiger partial charge on any atom is 0.0181 e. The van der Waals surface area contributed by atoms with Crippen molar-refractivity contribution in [2.45, 2.75) is 38.3 Å². The van der Waals surface area contributed by atoms with Crippen LogP contribution in [0, 0.1) is 0 Å². The van der Waals surface area contributed by atoms with Gasteiger partial charge >= 0.3 is 0 Å². The van der Waals surface area contributed by atoms with Gasteiger partial charge in [-0.05, 0) is 32.6 Å². The first-order chi connectivity index (χ1) is 6.77. The van der Waals surface area contributed by atoms with E-state index in [1.54, 1.807) is 0 Å². The molecular weight excluding hydrogens is 192 g/mol. The van der Waals surface area contributed by atoms with Crippen LogP contribution in [0.5, 0.6) is 0 Å². The van der Waals surface area contributed by atoms with Gasteiger partial charge in [0.2, 0.25) is 0 Å². The second-order valence-electron chi connectivity index (χ2n) is 4.23. The van der Waals surface area contributed by atoms with Gasteiger partial charge in [0.25, 0.3) is 0 Å². The van der Waals surface area contributed by atoms with Crippen molar-refractivity contribution in [3.63, 3.8) is 0 Å². The molecule has 1 unspecified atom stereocenters. The van der Waals surface area contributed by atoms with E-state index in [-0.39, 0.29) is 0 Å². The average molecular weight is 216 g/mol. The van der Waals surface area contributed by atoms with E-state index in [9.17, 15) is 0 Å². The van der Waals surface area contributed by atoms with Crippen LogP contribution in [0.3, 0.4) is 0 Å². The predicted molar refractivity (Wildman–Crippen MR) is 66.1 cm³/mol. The molecule has 0 aliphatic heterocycles. The Balaban J connectivity index is 2.06. The third kappa shape index (κ3) is 4.67. The van der Waals surface area contributed by atoms with Crippen LogP contribution in [0.15, 0.2) is 0 Å². The van der Waals surface area contributed by atoms with Gasteiger partial charge < -0.3 is 10.2 Å². The third-order valence-corrected chi connectivity index (χ3v) is 3.65. The van der Waals surface area contributed by atoms with E-state index >= 15 is 0 Å². The summed E-state index contributed by atoms with van der Waals surface area (Å²) >= 11 is 1.95. The molecule has 1 atom stereocenters. The molecule has 14 heavy (non-hydrogen) atoms. The van der Waals surface area contributed by atoms with E-state index in [0.29, 0.717) is 0 Å². The SMILES string of the molecule is CCC(CSC)N(C)CCNC1CC1. The molecule has 0 heterocycles. The fraction of sp³-hybridized carbons (Fsp3) is 1.00. The van der Waals surface area contributed by atoms with Crippen molar-refractivity contribution in [3.8, 4) is 0 Å². The Morgan fingerprint density at radius 1 is 1.50 bits per heavy atom. The van der Waals surface area contributed by atoms with Gasteiger partial charge in [-0.15, -0.1) is 0 Å². The van der Waals surface area contributed by atoms with E-state index in [2.05, 4.69) is 30.4 Å². The fourth-order valence-corrected chi connectivity index (χ4v) is 2.54. The molecule has 0 saturated heterocycles. The van der Waals surface area contributed by atoms with Crippen molar-refractivity contribution in [1.29, 1.82) is 0 Å². The molecule has 3 heteroatoms. The zero-order valence-electron chi connectivity index (χ0n) is 9.75. The summed E-state index contributed by atoms with van der Waals surface area (Å²) in [5.41, 5.74) is 0. The van der Waals surface area contributed by atoms with E-state index in [4.69, 9.17) is 0 Å². The van der Waals surface area contributed by atoms with E-state index in [1.807, 2.05) is 11.8 Å². The molecular formula is C11H24N2S. The van der Waals surface area contributed by atoms with Gasteiger partial charge in [0, 0.05) is 30.9 Å². The summed E-state index contributed by atoms with van der Waals surface area (Å²) in [6.45, 7) is 4.63. The molecule has 0 spiro atoms. The normalized spacial score (nSPS) is 18.9. The zero-order valence-corrected chi connectivity index (χ0v) is 10.6. The maximum absolute atomic E-state index is 3.56. The number of rotatable bonds is 8. The smallest absolute Gasteiger partial charge is 0.0181 e. The largest absolute Gasteiger partial charge is 0.313 e. The van der Waals surface area contributed by atoms with Gasteiger partial charge in [-0.1, -0.05) is 6.92 Å². The Labute approximate surface area is 92.8 Å². The molecule has 1 aliphatic rings. The molecule has 0 amide bonds. The van der Waals surface area contributed by atoms with Crippen molar-refractivity contribution in [3.05, 3.63) is 0 Å².